The molecular formula is C16H25NO2. The molecule has 1 rings (SSSR count). The van der Waals surface area contributed by atoms with Crippen molar-refractivity contribution in [3.8, 4) is 5.75 Å². The standard InChI is InChI=1S/C16H25NO2/c1-7-14(15(18)17-16(4,5)6)19-13-9-11(2)8-12(3)10-13/h8-10,14H,7H2,1-6H3,(H,17,18). The van der Waals surface area contributed by atoms with E-state index in [-0.39, 0.29) is 11.4 Å². The number of rotatable bonds is 4. The predicted molar refractivity (Wildman–Crippen MR) is 78.5 cm³/mol. The first-order chi connectivity index (χ1) is 8.71. The van der Waals surface area contributed by atoms with Crippen molar-refractivity contribution in [2.75, 3.05) is 0 Å². The smallest absolute Gasteiger partial charge is 0.261 e. The average molecular weight is 263 g/mol. The van der Waals surface area contributed by atoms with Crippen LogP contribution in [0.4, 0.5) is 0 Å². The van der Waals surface area contributed by atoms with Crippen molar-refractivity contribution >= 4 is 5.91 Å². The van der Waals surface area contributed by atoms with Gasteiger partial charge in [0.1, 0.15) is 5.75 Å². The zero-order valence-corrected chi connectivity index (χ0v) is 12.8. The van der Waals surface area contributed by atoms with E-state index in [0.717, 1.165) is 16.9 Å². The van der Waals surface area contributed by atoms with Gasteiger partial charge in [-0.2, -0.15) is 0 Å². The highest BCUT2D eigenvalue weighted by Gasteiger charge is 2.23. The van der Waals surface area contributed by atoms with Gasteiger partial charge in [0.05, 0.1) is 0 Å². The molecule has 1 N–H and O–H groups in total. The van der Waals surface area contributed by atoms with Gasteiger partial charge in [0, 0.05) is 5.54 Å². The fourth-order valence-electron chi connectivity index (χ4n) is 1.94. The molecule has 0 bridgehead atoms. The van der Waals surface area contributed by atoms with Crippen LogP contribution >= 0.6 is 0 Å². The van der Waals surface area contributed by atoms with Gasteiger partial charge in [-0.3, -0.25) is 4.79 Å². The highest BCUT2D eigenvalue weighted by Crippen LogP contribution is 2.18. The van der Waals surface area contributed by atoms with Gasteiger partial charge in [-0.05, 0) is 64.3 Å². The summed E-state index contributed by atoms with van der Waals surface area (Å²) >= 11 is 0. The predicted octanol–water partition coefficient (Wildman–Crippen LogP) is 3.38. The summed E-state index contributed by atoms with van der Waals surface area (Å²) in [5, 5.41) is 2.96. The van der Waals surface area contributed by atoms with E-state index in [1.807, 2.05) is 53.7 Å². The molecule has 19 heavy (non-hydrogen) atoms. The number of ether oxygens (including phenoxy) is 1. The maximum atomic E-state index is 12.1. The molecule has 0 saturated heterocycles. The number of carbonyl (C=O) groups excluding carboxylic acids is 1. The lowest BCUT2D eigenvalue weighted by atomic mass is 10.1. The van der Waals surface area contributed by atoms with Gasteiger partial charge in [-0.1, -0.05) is 13.0 Å². The normalized spacial score (nSPS) is 12.9. The second kappa shape index (κ2) is 6.09. The zero-order chi connectivity index (χ0) is 14.6. The molecule has 0 heterocycles. The molecule has 0 aliphatic heterocycles. The lowest BCUT2D eigenvalue weighted by molar-refractivity contribution is -0.129. The Balaban J connectivity index is 2.79. The number of hydrogen-bond acceptors (Lipinski definition) is 2. The highest BCUT2D eigenvalue weighted by molar-refractivity contribution is 5.81. The molecule has 0 radical (unpaired) electrons. The quantitative estimate of drug-likeness (QED) is 0.904. The second-order valence-corrected chi connectivity index (χ2v) is 6.08. The Morgan fingerprint density at radius 3 is 2.16 bits per heavy atom. The first kappa shape index (κ1) is 15.5. The molecule has 0 aromatic heterocycles. The van der Waals surface area contributed by atoms with Gasteiger partial charge in [-0.15, -0.1) is 0 Å². The van der Waals surface area contributed by atoms with Crippen molar-refractivity contribution in [2.45, 2.75) is 59.6 Å². The van der Waals surface area contributed by atoms with Crippen LogP contribution in [0.5, 0.6) is 5.75 Å². The summed E-state index contributed by atoms with van der Waals surface area (Å²) in [6.45, 7) is 11.9. The third-order valence-corrected chi connectivity index (χ3v) is 2.63. The summed E-state index contributed by atoms with van der Waals surface area (Å²) in [7, 11) is 0. The topological polar surface area (TPSA) is 38.3 Å². The maximum absolute atomic E-state index is 12.1. The molecule has 1 amide bonds. The fourth-order valence-corrected chi connectivity index (χ4v) is 1.94. The molecule has 3 heteroatoms. The van der Waals surface area contributed by atoms with E-state index in [1.54, 1.807) is 0 Å². The highest BCUT2D eigenvalue weighted by atomic mass is 16.5. The Labute approximate surface area is 116 Å². The van der Waals surface area contributed by atoms with Crippen LogP contribution in [-0.4, -0.2) is 17.6 Å². The van der Waals surface area contributed by atoms with E-state index in [9.17, 15) is 4.79 Å². The van der Waals surface area contributed by atoms with E-state index < -0.39 is 6.10 Å². The minimum atomic E-state index is -0.444. The van der Waals surface area contributed by atoms with Crippen LogP contribution in [0.15, 0.2) is 18.2 Å². The number of benzene rings is 1. The fraction of sp³-hybridized carbons (Fsp3) is 0.562. The average Bonchev–Trinajstić information content (AvgIpc) is 2.21. The van der Waals surface area contributed by atoms with Crippen LogP contribution in [0.1, 0.15) is 45.2 Å². The second-order valence-electron chi connectivity index (χ2n) is 6.08. The molecule has 3 nitrogen and oxygen atoms in total. The van der Waals surface area contributed by atoms with E-state index in [4.69, 9.17) is 4.74 Å². The van der Waals surface area contributed by atoms with Gasteiger partial charge in [-0.25, -0.2) is 0 Å². The molecule has 1 atom stereocenters. The van der Waals surface area contributed by atoms with E-state index >= 15 is 0 Å². The lowest BCUT2D eigenvalue weighted by Gasteiger charge is -2.25. The number of nitrogens with one attached hydrogen (secondary N) is 1. The van der Waals surface area contributed by atoms with Gasteiger partial charge in [0.25, 0.3) is 5.91 Å². The van der Waals surface area contributed by atoms with Crippen molar-refractivity contribution in [1.29, 1.82) is 0 Å². The number of carbonyl (C=O) groups is 1. The summed E-state index contributed by atoms with van der Waals surface area (Å²) < 4.78 is 5.82. The van der Waals surface area contributed by atoms with Crippen LogP contribution < -0.4 is 10.1 Å². The molecule has 1 aromatic carbocycles. The maximum Gasteiger partial charge on any atom is 0.261 e. The van der Waals surface area contributed by atoms with Crippen molar-refractivity contribution in [1.82, 2.24) is 5.32 Å². The number of amides is 1. The Hall–Kier alpha value is -1.51. The SMILES string of the molecule is CCC(Oc1cc(C)cc(C)c1)C(=O)NC(C)(C)C. The Morgan fingerprint density at radius 2 is 1.74 bits per heavy atom. The summed E-state index contributed by atoms with van der Waals surface area (Å²) in [4.78, 5) is 12.1. The van der Waals surface area contributed by atoms with Crippen molar-refractivity contribution in [3.63, 3.8) is 0 Å². The monoisotopic (exact) mass is 263 g/mol. The van der Waals surface area contributed by atoms with Crippen LogP contribution in [0.2, 0.25) is 0 Å². The summed E-state index contributed by atoms with van der Waals surface area (Å²) in [5.41, 5.74) is 2.04. The number of hydrogen-bond donors (Lipinski definition) is 1. The third kappa shape index (κ3) is 5.33. The molecule has 0 spiro atoms. The van der Waals surface area contributed by atoms with Gasteiger partial charge >= 0.3 is 0 Å². The first-order valence-electron chi connectivity index (χ1n) is 6.78. The molecule has 0 saturated carbocycles. The van der Waals surface area contributed by atoms with Crippen molar-refractivity contribution in [2.24, 2.45) is 0 Å². The Bertz CT molecular complexity index is 426. The zero-order valence-electron chi connectivity index (χ0n) is 12.8. The van der Waals surface area contributed by atoms with Crippen molar-refractivity contribution in [3.05, 3.63) is 29.3 Å². The van der Waals surface area contributed by atoms with E-state index in [2.05, 4.69) is 11.4 Å². The molecule has 1 unspecified atom stereocenters. The molecular weight excluding hydrogens is 238 g/mol. The minimum absolute atomic E-state index is 0.0610. The molecule has 106 valence electrons. The van der Waals surface area contributed by atoms with E-state index in [0.29, 0.717) is 6.42 Å². The molecule has 1 aromatic rings. The Kier molecular flexibility index (Phi) is 4.98. The Morgan fingerprint density at radius 1 is 1.21 bits per heavy atom. The third-order valence-electron chi connectivity index (χ3n) is 2.63. The molecule has 0 aliphatic rings. The lowest BCUT2D eigenvalue weighted by Crippen LogP contribution is -2.47. The van der Waals surface area contributed by atoms with E-state index in [1.165, 1.54) is 0 Å². The van der Waals surface area contributed by atoms with Crippen LogP contribution in [0, 0.1) is 13.8 Å². The van der Waals surface area contributed by atoms with Gasteiger partial charge < -0.3 is 10.1 Å². The summed E-state index contributed by atoms with van der Waals surface area (Å²) in [6.07, 6.45) is 0.204. The summed E-state index contributed by atoms with van der Waals surface area (Å²) in [5.74, 6) is 0.697. The minimum Gasteiger partial charge on any atom is -0.481 e. The van der Waals surface area contributed by atoms with Crippen LogP contribution in [0.25, 0.3) is 0 Å². The van der Waals surface area contributed by atoms with Gasteiger partial charge in [0.15, 0.2) is 6.10 Å². The largest absolute Gasteiger partial charge is 0.481 e. The van der Waals surface area contributed by atoms with Crippen molar-refractivity contribution < 1.29 is 9.53 Å². The summed E-state index contributed by atoms with van der Waals surface area (Å²) in [6, 6.07) is 6.00. The molecule has 0 fully saturated rings. The first-order valence-corrected chi connectivity index (χ1v) is 6.78. The van der Waals surface area contributed by atoms with Gasteiger partial charge in [0.2, 0.25) is 0 Å². The number of aryl methyl sites for hydroxylation is 2. The van der Waals surface area contributed by atoms with Crippen LogP contribution in [0.3, 0.4) is 0 Å². The van der Waals surface area contributed by atoms with Crippen LogP contribution in [-0.2, 0) is 4.79 Å². The molecule has 0 aliphatic carbocycles.